The van der Waals surface area contributed by atoms with Gasteiger partial charge in [-0.15, -0.1) is 0 Å². The average molecular weight is 334 g/mol. The number of hydrogen-bond acceptors (Lipinski definition) is 3. The first-order valence-corrected chi connectivity index (χ1v) is 8.35. The van der Waals surface area contributed by atoms with Crippen LogP contribution in [-0.2, 0) is 0 Å². The molecule has 4 heteroatoms. The van der Waals surface area contributed by atoms with Crippen LogP contribution < -0.4 is 5.01 Å². The fourth-order valence-electron chi connectivity index (χ4n) is 3.33. The quantitative estimate of drug-likeness (QED) is 0.642. The molecule has 2 heterocycles. The van der Waals surface area contributed by atoms with E-state index in [0.29, 0.717) is 6.42 Å². The van der Waals surface area contributed by atoms with Gasteiger partial charge in [0.2, 0.25) is 0 Å². The first-order valence-electron chi connectivity index (χ1n) is 8.35. The molecule has 3 aromatic rings. The van der Waals surface area contributed by atoms with E-state index in [2.05, 4.69) is 32.0 Å². The van der Waals surface area contributed by atoms with Crippen LogP contribution in [0.5, 0.6) is 0 Å². The zero-order valence-electron chi connectivity index (χ0n) is 14.2. The first kappa shape index (κ1) is 15.6. The van der Waals surface area contributed by atoms with Gasteiger partial charge in [-0.1, -0.05) is 29.8 Å². The monoisotopic (exact) mass is 334 g/mol. The van der Waals surface area contributed by atoms with Crippen molar-refractivity contribution in [2.75, 3.05) is 5.01 Å². The third kappa shape index (κ3) is 2.95. The van der Waals surface area contributed by atoms with E-state index in [9.17, 15) is 4.39 Å². The van der Waals surface area contributed by atoms with Gasteiger partial charge in [-0.3, -0.25) is 5.01 Å². The zero-order chi connectivity index (χ0) is 17.4. The van der Waals surface area contributed by atoms with Crippen molar-refractivity contribution in [1.29, 1.82) is 0 Å². The summed E-state index contributed by atoms with van der Waals surface area (Å²) in [5.74, 6) is 0.548. The molecule has 0 bridgehead atoms. The number of hydrazone groups is 1. The van der Waals surface area contributed by atoms with Gasteiger partial charge in [0, 0.05) is 6.42 Å². The Labute approximate surface area is 146 Å². The van der Waals surface area contributed by atoms with Gasteiger partial charge in [0.15, 0.2) is 0 Å². The normalized spacial score (nSPS) is 17.0. The molecule has 1 unspecified atom stereocenters. The van der Waals surface area contributed by atoms with Gasteiger partial charge in [0.25, 0.3) is 0 Å². The smallest absolute Gasteiger partial charge is 0.149 e. The van der Waals surface area contributed by atoms with Crippen LogP contribution in [0.25, 0.3) is 0 Å². The van der Waals surface area contributed by atoms with Crippen molar-refractivity contribution in [2.45, 2.75) is 26.3 Å². The Morgan fingerprint density at radius 1 is 1.08 bits per heavy atom. The Balaban J connectivity index is 1.78. The molecule has 2 aromatic carbocycles. The summed E-state index contributed by atoms with van der Waals surface area (Å²) in [6.45, 7) is 4.17. The van der Waals surface area contributed by atoms with E-state index in [1.54, 1.807) is 6.26 Å². The summed E-state index contributed by atoms with van der Waals surface area (Å²) in [5.41, 5.74) is 5.37. The number of benzene rings is 2. The SMILES string of the molecule is Cc1ccc(N2N=C(c3ccco3)CC2c2ccc(F)cc2)c(C)c1. The molecule has 4 rings (SSSR count). The van der Waals surface area contributed by atoms with Crippen molar-refractivity contribution in [1.82, 2.24) is 0 Å². The number of nitrogens with zero attached hydrogens (tertiary/aromatic N) is 2. The second kappa shape index (κ2) is 6.20. The minimum atomic E-state index is -0.230. The van der Waals surface area contributed by atoms with Crippen LogP contribution in [0.4, 0.5) is 10.1 Å². The number of hydrogen-bond donors (Lipinski definition) is 0. The summed E-state index contributed by atoms with van der Waals surface area (Å²) >= 11 is 0. The van der Waals surface area contributed by atoms with Crippen LogP contribution >= 0.6 is 0 Å². The van der Waals surface area contributed by atoms with E-state index in [1.165, 1.54) is 17.7 Å². The molecular formula is C21H19FN2O. The molecule has 0 fully saturated rings. The third-order valence-electron chi connectivity index (χ3n) is 4.57. The van der Waals surface area contributed by atoms with Gasteiger partial charge < -0.3 is 4.42 Å². The summed E-state index contributed by atoms with van der Waals surface area (Å²) in [4.78, 5) is 0. The van der Waals surface area contributed by atoms with Crippen LogP contribution in [-0.4, -0.2) is 5.71 Å². The van der Waals surface area contributed by atoms with Crippen molar-refractivity contribution >= 4 is 11.4 Å². The van der Waals surface area contributed by atoms with Gasteiger partial charge in [-0.05, 0) is 55.3 Å². The first-order chi connectivity index (χ1) is 12.1. The second-order valence-corrected chi connectivity index (χ2v) is 6.43. The van der Waals surface area contributed by atoms with E-state index < -0.39 is 0 Å². The molecule has 126 valence electrons. The molecule has 0 saturated carbocycles. The number of rotatable bonds is 3. The van der Waals surface area contributed by atoms with Gasteiger partial charge in [-0.2, -0.15) is 5.10 Å². The Bertz CT molecular complexity index is 914. The number of furan rings is 1. The predicted molar refractivity (Wildman–Crippen MR) is 97.4 cm³/mol. The molecule has 0 aliphatic carbocycles. The van der Waals surface area contributed by atoms with Gasteiger partial charge in [0.05, 0.1) is 18.0 Å². The van der Waals surface area contributed by atoms with Crippen LogP contribution in [0.3, 0.4) is 0 Å². The topological polar surface area (TPSA) is 28.7 Å². The zero-order valence-corrected chi connectivity index (χ0v) is 14.2. The lowest BCUT2D eigenvalue weighted by Gasteiger charge is -2.25. The molecule has 1 aliphatic heterocycles. The van der Waals surface area contributed by atoms with Crippen molar-refractivity contribution in [3.63, 3.8) is 0 Å². The molecule has 3 nitrogen and oxygen atoms in total. The lowest BCUT2D eigenvalue weighted by molar-refractivity contribution is 0.556. The van der Waals surface area contributed by atoms with Crippen molar-refractivity contribution in [3.8, 4) is 0 Å². The highest BCUT2D eigenvalue weighted by atomic mass is 19.1. The van der Waals surface area contributed by atoms with E-state index in [0.717, 1.165) is 28.3 Å². The van der Waals surface area contributed by atoms with Gasteiger partial charge in [0.1, 0.15) is 17.3 Å². The second-order valence-electron chi connectivity index (χ2n) is 6.43. The molecule has 0 amide bonds. The summed E-state index contributed by atoms with van der Waals surface area (Å²) in [6, 6.07) is 16.8. The molecule has 25 heavy (non-hydrogen) atoms. The van der Waals surface area contributed by atoms with E-state index in [4.69, 9.17) is 9.52 Å². The van der Waals surface area contributed by atoms with Crippen LogP contribution in [0.15, 0.2) is 70.4 Å². The lowest BCUT2D eigenvalue weighted by atomic mass is 10.00. The predicted octanol–water partition coefficient (Wildman–Crippen LogP) is 5.39. The molecular weight excluding hydrogens is 315 g/mol. The Morgan fingerprint density at radius 3 is 2.56 bits per heavy atom. The Hall–Kier alpha value is -2.88. The highest BCUT2D eigenvalue weighted by Crippen LogP contribution is 2.38. The van der Waals surface area contributed by atoms with E-state index in [1.807, 2.05) is 29.3 Å². The highest BCUT2D eigenvalue weighted by molar-refractivity contribution is 6.01. The minimum absolute atomic E-state index is 0.0158. The highest BCUT2D eigenvalue weighted by Gasteiger charge is 2.31. The van der Waals surface area contributed by atoms with E-state index >= 15 is 0 Å². The third-order valence-corrected chi connectivity index (χ3v) is 4.57. The van der Waals surface area contributed by atoms with Crippen LogP contribution in [0.2, 0.25) is 0 Å². The summed E-state index contributed by atoms with van der Waals surface area (Å²) in [7, 11) is 0. The standard InChI is InChI=1S/C21H19FN2O/c1-14-5-10-19(15(2)12-14)24-20(16-6-8-17(22)9-7-16)13-18(23-24)21-4-3-11-25-21/h3-12,20H,13H2,1-2H3. The summed E-state index contributed by atoms with van der Waals surface area (Å²) in [5, 5.41) is 6.86. The number of aryl methyl sites for hydroxylation is 2. The Morgan fingerprint density at radius 2 is 1.88 bits per heavy atom. The average Bonchev–Trinajstić information content (AvgIpc) is 3.25. The largest absolute Gasteiger partial charge is 0.463 e. The van der Waals surface area contributed by atoms with Crippen molar-refractivity contribution in [2.24, 2.45) is 5.10 Å². The van der Waals surface area contributed by atoms with Crippen molar-refractivity contribution < 1.29 is 8.81 Å². The molecule has 0 N–H and O–H groups in total. The lowest BCUT2D eigenvalue weighted by Crippen LogP contribution is -2.19. The molecule has 0 saturated heterocycles. The molecule has 0 radical (unpaired) electrons. The Kier molecular flexibility index (Phi) is 3.88. The molecule has 1 atom stereocenters. The number of anilines is 1. The molecule has 1 aliphatic rings. The fourth-order valence-corrected chi connectivity index (χ4v) is 3.33. The maximum absolute atomic E-state index is 13.3. The van der Waals surface area contributed by atoms with Crippen LogP contribution in [0.1, 0.15) is 34.9 Å². The van der Waals surface area contributed by atoms with Crippen molar-refractivity contribution in [3.05, 3.63) is 89.1 Å². The maximum Gasteiger partial charge on any atom is 0.149 e. The fraction of sp³-hybridized carbons (Fsp3) is 0.190. The minimum Gasteiger partial charge on any atom is -0.463 e. The number of halogens is 1. The van der Waals surface area contributed by atoms with Gasteiger partial charge >= 0.3 is 0 Å². The summed E-state index contributed by atoms with van der Waals surface area (Å²) < 4.78 is 18.9. The summed E-state index contributed by atoms with van der Waals surface area (Å²) in [6.07, 6.45) is 2.37. The maximum atomic E-state index is 13.3. The molecule has 1 aromatic heterocycles. The van der Waals surface area contributed by atoms with Gasteiger partial charge in [-0.25, -0.2) is 4.39 Å². The molecule has 0 spiro atoms. The van der Waals surface area contributed by atoms with Crippen LogP contribution in [0, 0.1) is 19.7 Å². The van der Waals surface area contributed by atoms with E-state index in [-0.39, 0.29) is 11.9 Å².